The van der Waals surface area contributed by atoms with Crippen LogP contribution >= 0.6 is 11.8 Å². The van der Waals surface area contributed by atoms with Crippen molar-refractivity contribution in [1.29, 1.82) is 0 Å². The number of hydrogen-bond acceptors (Lipinski definition) is 5. The summed E-state index contributed by atoms with van der Waals surface area (Å²) in [6.07, 6.45) is 1.79. The Labute approximate surface area is 179 Å². The molecule has 0 saturated carbocycles. The van der Waals surface area contributed by atoms with Crippen molar-refractivity contribution >= 4 is 40.3 Å². The predicted octanol–water partition coefficient (Wildman–Crippen LogP) is 5.60. The van der Waals surface area contributed by atoms with Crippen molar-refractivity contribution in [2.24, 2.45) is 4.99 Å². The molecule has 0 unspecified atom stereocenters. The second-order valence-corrected chi connectivity index (χ2v) is 7.49. The molecule has 5 nitrogen and oxygen atoms in total. The summed E-state index contributed by atoms with van der Waals surface area (Å²) < 4.78 is 5.45. The third-order valence-electron chi connectivity index (χ3n) is 4.38. The van der Waals surface area contributed by atoms with Gasteiger partial charge in [-0.25, -0.2) is 4.99 Å². The zero-order chi connectivity index (χ0) is 20.9. The van der Waals surface area contributed by atoms with Gasteiger partial charge < -0.3 is 9.84 Å². The quantitative estimate of drug-likeness (QED) is 0.550. The molecule has 150 valence electrons. The number of hydrogen-bond donors (Lipinski definition) is 1. The molecule has 1 aliphatic rings. The maximum atomic E-state index is 13.3. The van der Waals surface area contributed by atoms with Crippen LogP contribution in [0.25, 0.3) is 6.08 Å². The Bertz CT molecular complexity index is 1110. The van der Waals surface area contributed by atoms with Crippen molar-refractivity contribution in [3.05, 3.63) is 89.3 Å². The maximum Gasteiger partial charge on any atom is 0.271 e. The number of benzene rings is 3. The molecule has 1 N–H and O–H groups in total. The molecule has 0 atom stereocenters. The largest absolute Gasteiger partial charge is 0.504 e. The molecule has 1 fully saturated rings. The van der Waals surface area contributed by atoms with E-state index >= 15 is 0 Å². The van der Waals surface area contributed by atoms with E-state index in [9.17, 15) is 9.90 Å². The highest BCUT2D eigenvalue weighted by atomic mass is 32.2. The molecule has 0 aromatic heterocycles. The molecule has 3 aromatic rings. The summed E-state index contributed by atoms with van der Waals surface area (Å²) in [6, 6.07) is 24.1. The van der Waals surface area contributed by atoms with Gasteiger partial charge in [0.15, 0.2) is 16.7 Å². The molecule has 4 rings (SSSR count). The first-order chi connectivity index (χ1) is 14.7. The van der Waals surface area contributed by atoms with Gasteiger partial charge in [0, 0.05) is 0 Å². The van der Waals surface area contributed by atoms with E-state index in [0.29, 0.717) is 22.4 Å². The van der Waals surface area contributed by atoms with E-state index in [-0.39, 0.29) is 11.7 Å². The minimum absolute atomic E-state index is 0.0710. The molecule has 6 heteroatoms. The summed E-state index contributed by atoms with van der Waals surface area (Å²) in [5.74, 6) is 0.314. The number of nitrogens with zero attached hydrogens (tertiary/aromatic N) is 2. The third-order valence-corrected chi connectivity index (χ3v) is 5.35. The Balaban J connectivity index is 1.74. The van der Waals surface area contributed by atoms with E-state index < -0.39 is 0 Å². The molecular formula is C24H20N2O3S. The normalized spacial score (nSPS) is 16.4. The number of thioether (sulfide) groups is 1. The van der Waals surface area contributed by atoms with Gasteiger partial charge in [-0.05, 0) is 66.7 Å². The van der Waals surface area contributed by atoms with Crippen molar-refractivity contribution in [1.82, 2.24) is 0 Å². The lowest BCUT2D eigenvalue weighted by Gasteiger charge is -2.15. The molecule has 30 heavy (non-hydrogen) atoms. The van der Waals surface area contributed by atoms with Crippen LogP contribution in [0.3, 0.4) is 0 Å². The zero-order valence-electron chi connectivity index (χ0n) is 16.4. The van der Waals surface area contributed by atoms with E-state index in [2.05, 4.69) is 0 Å². The van der Waals surface area contributed by atoms with Crippen LogP contribution in [0.1, 0.15) is 12.5 Å². The molecule has 0 spiro atoms. The second kappa shape index (κ2) is 8.88. The van der Waals surface area contributed by atoms with Crippen LogP contribution in [0.4, 0.5) is 11.4 Å². The highest BCUT2D eigenvalue weighted by Crippen LogP contribution is 2.38. The molecule has 1 amide bonds. The van der Waals surface area contributed by atoms with Gasteiger partial charge in [0.2, 0.25) is 0 Å². The zero-order valence-corrected chi connectivity index (χ0v) is 17.2. The van der Waals surface area contributed by atoms with Crippen molar-refractivity contribution in [2.75, 3.05) is 11.5 Å². The monoisotopic (exact) mass is 416 g/mol. The average Bonchev–Trinajstić information content (AvgIpc) is 3.06. The van der Waals surface area contributed by atoms with Crippen molar-refractivity contribution < 1.29 is 14.6 Å². The Hall–Kier alpha value is -3.51. The van der Waals surface area contributed by atoms with Gasteiger partial charge in [-0.15, -0.1) is 0 Å². The number of aromatic hydroxyl groups is 1. The van der Waals surface area contributed by atoms with Crippen LogP contribution in [-0.2, 0) is 4.79 Å². The first-order valence-corrected chi connectivity index (χ1v) is 10.4. The van der Waals surface area contributed by atoms with Gasteiger partial charge in [-0.3, -0.25) is 9.69 Å². The van der Waals surface area contributed by atoms with Crippen molar-refractivity contribution in [2.45, 2.75) is 6.92 Å². The molecule has 0 aliphatic carbocycles. The fraction of sp³-hybridized carbons (Fsp3) is 0.0833. The van der Waals surface area contributed by atoms with E-state index in [0.717, 1.165) is 16.9 Å². The van der Waals surface area contributed by atoms with E-state index in [1.807, 2.05) is 67.6 Å². The number of aliphatic imine (C=N–C) groups is 1. The molecule has 1 saturated heterocycles. The SMILES string of the molecule is CCOc1cc(C=C2SC(=Nc3ccccc3)N(c3ccccc3)C2=O)ccc1O. The van der Waals surface area contributed by atoms with Crippen LogP contribution in [0.15, 0.2) is 88.8 Å². The topological polar surface area (TPSA) is 62.1 Å². The third kappa shape index (κ3) is 4.23. The van der Waals surface area contributed by atoms with Gasteiger partial charge in [0.05, 0.1) is 22.9 Å². The highest BCUT2D eigenvalue weighted by Gasteiger charge is 2.34. The number of ether oxygens (including phenoxy) is 1. The standard InChI is InChI=1S/C24H20N2O3S/c1-2-29-21-15-17(13-14-20(21)27)16-22-23(28)26(19-11-7-4-8-12-19)24(30-22)25-18-9-5-3-6-10-18/h3-16,27H,2H2,1H3. The first-order valence-electron chi connectivity index (χ1n) is 9.54. The first kappa shape index (κ1) is 19.8. The average molecular weight is 417 g/mol. The second-order valence-electron chi connectivity index (χ2n) is 6.48. The number of phenolic OH excluding ortho intramolecular Hbond substituents is 1. The number of carbonyl (C=O) groups is 1. The Kier molecular flexibility index (Phi) is 5.86. The van der Waals surface area contributed by atoms with E-state index in [1.54, 1.807) is 29.2 Å². The van der Waals surface area contributed by atoms with Gasteiger partial charge in [0.25, 0.3) is 5.91 Å². The summed E-state index contributed by atoms with van der Waals surface area (Å²) in [5, 5.41) is 10.5. The molecule has 3 aromatic carbocycles. The fourth-order valence-corrected chi connectivity index (χ4v) is 4.01. The van der Waals surface area contributed by atoms with Gasteiger partial charge >= 0.3 is 0 Å². The summed E-state index contributed by atoms with van der Waals surface area (Å²) in [4.78, 5) is 20.1. The summed E-state index contributed by atoms with van der Waals surface area (Å²) in [7, 11) is 0. The number of amidine groups is 1. The van der Waals surface area contributed by atoms with Crippen molar-refractivity contribution in [3.63, 3.8) is 0 Å². The highest BCUT2D eigenvalue weighted by molar-refractivity contribution is 8.19. The number of amides is 1. The van der Waals surface area contributed by atoms with Crippen LogP contribution in [0, 0.1) is 0 Å². The van der Waals surface area contributed by atoms with Crippen LogP contribution in [0.2, 0.25) is 0 Å². The molecular weight excluding hydrogens is 396 g/mol. The lowest BCUT2D eigenvalue weighted by Crippen LogP contribution is -2.28. The number of anilines is 1. The number of para-hydroxylation sites is 2. The molecule has 1 aliphatic heterocycles. The van der Waals surface area contributed by atoms with E-state index in [1.165, 1.54) is 11.8 Å². The Morgan fingerprint density at radius 3 is 2.43 bits per heavy atom. The van der Waals surface area contributed by atoms with Crippen molar-refractivity contribution in [3.8, 4) is 11.5 Å². The summed E-state index contributed by atoms with van der Waals surface area (Å²) >= 11 is 1.32. The Morgan fingerprint density at radius 1 is 1.03 bits per heavy atom. The lowest BCUT2D eigenvalue weighted by molar-refractivity contribution is -0.113. The number of carbonyl (C=O) groups excluding carboxylic acids is 1. The Morgan fingerprint density at radius 2 is 1.73 bits per heavy atom. The molecule has 1 heterocycles. The summed E-state index contributed by atoms with van der Waals surface area (Å²) in [5.41, 5.74) is 2.30. The fourth-order valence-electron chi connectivity index (χ4n) is 3.01. The van der Waals surface area contributed by atoms with Crippen LogP contribution in [-0.4, -0.2) is 22.8 Å². The minimum Gasteiger partial charge on any atom is -0.504 e. The van der Waals surface area contributed by atoms with Gasteiger partial charge in [-0.1, -0.05) is 42.5 Å². The number of phenols is 1. The minimum atomic E-state index is -0.146. The molecule has 0 bridgehead atoms. The van der Waals surface area contributed by atoms with Crippen LogP contribution in [0.5, 0.6) is 11.5 Å². The maximum absolute atomic E-state index is 13.3. The van der Waals surface area contributed by atoms with Crippen LogP contribution < -0.4 is 9.64 Å². The number of rotatable bonds is 5. The summed E-state index contributed by atoms with van der Waals surface area (Å²) in [6.45, 7) is 2.29. The van der Waals surface area contributed by atoms with E-state index in [4.69, 9.17) is 9.73 Å². The predicted molar refractivity (Wildman–Crippen MR) is 122 cm³/mol. The van der Waals surface area contributed by atoms with Gasteiger partial charge in [-0.2, -0.15) is 0 Å². The van der Waals surface area contributed by atoms with Gasteiger partial charge in [0.1, 0.15) is 0 Å². The lowest BCUT2D eigenvalue weighted by atomic mass is 10.2. The smallest absolute Gasteiger partial charge is 0.271 e. The molecule has 0 radical (unpaired) electrons.